The van der Waals surface area contributed by atoms with E-state index in [1.807, 2.05) is 0 Å². The van der Waals surface area contributed by atoms with Crippen LogP contribution in [0.2, 0.25) is 0 Å². The molecular formula is C19H14Br2N4O8S. The average Bonchev–Trinajstić information content (AvgIpc) is 2.78. The van der Waals surface area contributed by atoms with Crippen LogP contribution in [-0.4, -0.2) is 44.2 Å². The Morgan fingerprint density at radius 1 is 1.15 bits per heavy atom. The summed E-state index contributed by atoms with van der Waals surface area (Å²) < 4.78 is 33.5. The van der Waals surface area contributed by atoms with Crippen molar-refractivity contribution in [2.24, 2.45) is 10.2 Å². The maximum atomic E-state index is 12.1. The van der Waals surface area contributed by atoms with Gasteiger partial charge in [0.25, 0.3) is 15.8 Å². The molecule has 0 aliphatic carbocycles. The second-order valence-electron chi connectivity index (χ2n) is 6.72. The summed E-state index contributed by atoms with van der Waals surface area (Å²) in [6, 6.07) is 8.16. The van der Waals surface area contributed by atoms with Gasteiger partial charge in [0.15, 0.2) is 5.75 Å². The number of azo groups is 1. The number of nitro groups is 1. The van der Waals surface area contributed by atoms with Crippen LogP contribution < -0.4 is 5.32 Å². The van der Waals surface area contributed by atoms with Crippen molar-refractivity contribution in [2.75, 3.05) is 10.6 Å². The summed E-state index contributed by atoms with van der Waals surface area (Å²) in [6.07, 6.45) is 0. The Morgan fingerprint density at radius 3 is 2.47 bits per heavy atom. The van der Waals surface area contributed by atoms with Crippen LogP contribution in [0.5, 0.6) is 11.5 Å². The van der Waals surface area contributed by atoms with E-state index in [0.717, 1.165) is 24.3 Å². The molecule has 1 atom stereocenters. The van der Waals surface area contributed by atoms with Crippen LogP contribution in [0.4, 0.5) is 22.7 Å². The normalized spacial score (nSPS) is 12.7. The van der Waals surface area contributed by atoms with Gasteiger partial charge in [-0.15, -0.1) is 10.2 Å². The smallest absolute Gasteiger partial charge is 0.296 e. The van der Waals surface area contributed by atoms with Crippen LogP contribution in [0.25, 0.3) is 10.8 Å². The number of rotatable bonds is 7. The first-order valence-electron chi connectivity index (χ1n) is 9.09. The van der Waals surface area contributed by atoms with Gasteiger partial charge in [0.1, 0.15) is 26.8 Å². The topological polar surface area (TPSA) is 192 Å². The quantitative estimate of drug-likeness (QED) is 0.0943. The van der Waals surface area contributed by atoms with Gasteiger partial charge in [-0.2, -0.15) is 8.42 Å². The zero-order valence-electron chi connectivity index (χ0n) is 16.7. The van der Waals surface area contributed by atoms with E-state index in [-0.39, 0.29) is 28.1 Å². The van der Waals surface area contributed by atoms with Crippen molar-refractivity contribution in [1.29, 1.82) is 0 Å². The summed E-state index contributed by atoms with van der Waals surface area (Å²) in [4.78, 5) is 21.0. The number of alkyl halides is 2. The number of hydrogen-bond acceptors (Lipinski definition) is 9. The van der Waals surface area contributed by atoms with Crippen molar-refractivity contribution in [3.8, 4) is 11.5 Å². The molecule has 0 saturated heterocycles. The Balaban J connectivity index is 2.16. The Kier molecular flexibility index (Phi) is 7.50. The SMILES string of the molecule is O=C(Nc1ccc2cc(S(=O)(=O)O)c(N=Nc3cc([N+](=O)[O-])ccc3O)c(O)c2c1)C(Br)CBr. The molecule has 0 spiro atoms. The van der Waals surface area contributed by atoms with Gasteiger partial charge in [-0.25, -0.2) is 0 Å². The molecule has 0 heterocycles. The molecule has 12 nitrogen and oxygen atoms in total. The van der Waals surface area contributed by atoms with Gasteiger partial charge in [0.2, 0.25) is 5.91 Å². The molecule has 0 aromatic heterocycles. The van der Waals surface area contributed by atoms with E-state index in [1.54, 1.807) is 0 Å². The van der Waals surface area contributed by atoms with Crippen molar-refractivity contribution in [2.45, 2.75) is 9.72 Å². The standard InChI is InChI=1S/C19H14Br2N4O8S/c20-8-13(21)19(28)22-10-2-1-9-5-16(34(31,32)33)17(18(27)12(9)6-10)24-23-14-7-11(25(29)30)3-4-15(14)26/h1-7,13,26-27H,8H2,(H,22,28)(H,31,32,33). The monoisotopic (exact) mass is 616 g/mol. The first-order chi connectivity index (χ1) is 15.9. The molecule has 0 aliphatic heterocycles. The van der Waals surface area contributed by atoms with Crippen LogP contribution >= 0.6 is 31.9 Å². The number of anilines is 1. The number of benzene rings is 3. The number of carbonyl (C=O) groups is 1. The fraction of sp³-hybridized carbons (Fsp3) is 0.105. The fourth-order valence-corrected chi connectivity index (χ4v) is 3.88. The highest BCUT2D eigenvalue weighted by molar-refractivity contribution is 9.12. The predicted molar refractivity (Wildman–Crippen MR) is 130 cm³/mol. The predicted octanol–water partition coefficient (Wildman–Crippen LogP) is 4.92. The Bertz CT molecular complexity index is 1450. The van der Waals surface area contributed by atoms with Crippen LogP contribution in [0, 0.1) is 10.1 Å². The molecule has 4 N–H and O–H groups in total. The van der Waals surface area contributed by atoms with Crippen molar-refractivity contribution < 1.29 is 32.9 Å². The van der Waals surface area contributed by atoms with Crippen molar-refractivity contribution in [3.05, 3.63) is 52.6 Å². The van der Waals surface area contributed by atoms with Gasteiger partial charge in [0.05, 0.1) is 4.92 Å². The number of carbonyl (C=O) groups excluding carboxylic acids is 1. The van der Waals surface area contributed by atoms with E-state index >= 15 is 0 Å². The molecule has 0 aliphatic rings. The zero-order chi connectivity index (χ0) is 25.2. The highest BCUT2D eigenvalue weighted by atomic mass is 79.9. The van der Waals surface area contributed by atoms with Gasteiger partial charge in [0, 0.05) is 28.5 Å². The number of fused-ring (bicyclic) bond motifs is 1. The maximum absolute atomic E-state index is 12.1. The fourth-order valence-electron chi connectivity index (χ4n) is 2.81. The van der Waals surface area contributed by atoms with Crippen molar-refractivity contribution in [1.82, 2.24) is 0 Å². The van der Waals surface area contributed by atoms with Gasteiger partial charge >= 0.3 is 0 Å². The minimum absolute atomic E-state index is 0.0624. The molecule has 1 amide bonds. The van der Waals surface area contributed by atoms with E-state index < -0.39 is 47.6 Å². The third kappa shape index (κ3) is 5.49. The summed E-state index contributed by atoms with van der Waals surface area (Å²) in [5, 5.41) is 42.1. The molecular weight excluding hydrogens is 604 g/mol. The first-order valence-corrected chi connectivity index (χ1v) is 12.6. The number of non-ortho nitro benzene ring substituents is 1. The van der Waals surface area contributed by atoms with Crippen molar-refractivity contribution >= 4 is 81.4 Å². The number of nitrogens with zero attached hydrogens (tertiary/aromatic N) is 3. The first kappa shape index (κ1) is 25.5. The van der Waals surface area contributed by atoms with E-state index in [0.29, 0.717) is 5.33 Å². The lowest BCUT2D eigenvalue weighted by atomic mass is 10.1. The molecule has 0 saturated carbocycles. The number of phenols is 2. The highest BCUT2D eigenvalue weighted by Gasteiger charge is 2.23. The number of phenolic OH excluding ortho intramolecular Hbond substituents is 2. The molecule has 15 heteroatoms. The van der Waals surface area contributed by atoms with E-state index in [1.165, 1.54) is 18.2 Å². The molecule has 34 heavy (non-hydrogen) atoms. The van der Waals surface area contributed by atoms with Crippen LogP contribution in [0.3, 0.4) is 0 Å². The van der Waals surface area contributed by atoms with E-state index in [2.05, 4.69) is 47.4 Å². The lowest BCUT2D eigenvalue weighted by molar-refractivity contribution is -0.384. The van der Waals surface area contributed by atoms with Gasteiger partial charge in [-0.1, -0.05) is 37.9 Å². The largest absolute Gasteiger partial charge is 0.506 e. The van der Waals surface area contributed by atoms with Crippen LogP contribution in [0.15, 0.2) is 57.6 Å². The Labute approximate surface area is 208 Å². The third-order valence-electron chi connectivity index (χ3n) is 4.45. The maximum Gasteiger partial charge on any atom is 0.296 e. The second kappa shape index (κ2) is 10.0. The lowest BCUT2D eigenvalue weighted by Gasteiger charge is -2.12. The summed E-state index contributed by atoms with van der Waals surface area (Å²) in [5.74, 6) is -1.58. The number of amides is 1. The molecule has 0 bridgehead atoms. The molecule has 3 aromatic carbocycles. The molecule has 0 fully saturated rings. The lowest BCUT2D eigenvalue weighted by Crippen LogP contribution is -2.23. The molecule has 178 valence electrons. The molecule has 3 rings (SSSR count). The number of halogens is 2. The summed E-state index contributed by atoms with van der Waals surface area (Å²) in [6.45, 7) is 0. The van der Waals surface area contributed by atoms with E-state index in [4.69, 9.17) is 0 Å². The zero-order valence-corrected chi connectivity index (χ0v) is 20.7. The number of hydrogen-bond donors (Lipinski definition) is 4. The third-order valence-corrected chi connectivity index (χ3v) is 7.57. The minimum Gasteiger partial charge on any atom is -0.506 e. The van der Waals surface area contributed by atoms with Gasteiger partial charge in [-0.3, -0.25) is 19.5 Å². The summed E-state index contributed by atoms with van der Waals surface area (Å²) >= 11 is 6.34. The average molecular weight is 618 g/mol. The van der Waals surface area contributed by atoms with Crippen LogP contribution in [0.1, 0.15) is 0 Å². The minimum atomic E-state index is -4.89. The molecule has 0 radical (unpaired) electrons. The number of nitrogens with one attached hydrogen (secondary N) is 1. The summed E-state index contributed by atoms with van der Waals surface area (Å²) in [7, 11) is -4.89. The number of nitro benzene ring substituents is 1. The van der Waals surface area contributed by atoms with Crippen molar-refractivity contribution in [3.63, 3.8) is 0 Å². The number of aromatic hydroxyl groups is 2. The second-order valence-corrected chi connectivity index (χ2v) is 9.87. The van der Waals surface area contributed by atoms with Gasteiger partial charge < -0.3 is 15.5 Å². The Morgan fingerprint density at radius 2 is 1.85 bits per heavy atom. The van der Waals surface area contributed by atoms with Crippen LogP contribution in [-0.2, 0) is 14.9 Å². The summed E-state index contributed by atoms with van der Waals surface area (Å²) in [5.41, 5.74) is -1.20. The molecule has 1 unspecified atom stereocenters. The van der Waals surface area contributed by atoms with Gasteiger partial charge in [-0.05, 0) is 29.7 Å². The molecule has 3 aromatic rings. The van der Waals surface area contributed by atoms with E-state index in [9.17, 15) is 38.1 Å². The highest BCUT2D eigenvalue weighted by Crippen LogP contribution is 2.43. The Hall–Kier alpha value is -3.14.